The molecular formula is C36H40ClN3O5S. The quantitative estimate of drug-likeness (QED) is 0.159. The highest BCUT2D eigenvalue weighted by molar-refractivity contribution is 7.92. The monoisotopic (exact) mass is 661 g/mol. The first-order chi connectivity index (χ1) is 22.1. The van der Waals surface area contributed by atoms with Crippen molar-refractivity contribution in [3.05, 3.63) is 125 Å². The second-order valence-electron chi connectivity index (χ2n) is 10.9. The molecule has 1 N–H and O–H groups in total. The van der Waals surface area contributed by atoms with Crippen LogP contribution in [0.25, 0.3) is 0 Å². The normalized spacial score (nSPS) is 11.8. The molecule has 8 nitrogen and oxygen atoms in total. The van der Waals surface area contributed by atoms with Crippen LogP contribution in [0.1, 0.15) is 37.0 Å². The molecule has 4 aromatic rings. The lowest BCUT2D eigenvalue weighted by molar-refractivity contribution is -0.140. The molecule has 0 saturated carbocycles. The van der Waals surface area contributed by atoms with Crippen LogP contribution >= 0.6 is 11.6 Å². The Hall–Kier alpha value is -4.34. The van der Waals surface area contributed by atoms with Crippen molar-refractivity contribution >= 4 is 39.1 Å². The zero-order chi connectivity index (χ0) is 33.1. The Balaban J connectivity index is 1.80. The van der Waals surface area contributed by atoms with E-state index in [9.17, 15) is 18.0 Å². The number of nitrogens with one attached hydrogen (secondary N) is 1. The van der Waals surface area contributed by atoms with Gasteiger partial charge in [0.2, 0.25) is 11.8 Å². The molecule has 0 fully saturated rings. The molecule has 10 heteroatoms. The zero-order valence-electron chi connectivity index (χ0n) is 26.4. The first-order valence-electron chi connectivity index (χ1n) is 15.3. The molecule has 242 valence electrons. The highest BCUT2D eigenvalue weighted by Gasteiger charge is 2.34. The van der Waals surface area contributed by atoms with E-state index in [4.69, 9.17) is 16.3 Å². The number of aryl methyl sites for hydroxylation is 1. The van der Waals surface area contributed by atoms with E-state index in [1.165, 1.54) is 17.0 Å². The first kappa shape index (κ1) is 34.5. The number of nitrogens with zero attached hydrogens (tertiary/aromatic N) is 2. The van der Waals surface area contributed by atoms with E-state index in [2.05, 4.69) is 5.32 Å². The average Bonchev–Trinajstić information content (AvgIpc) is 3.06. The Labute approximate surface area is 277 Å². The van der Waals surface area contributed by atoms with Crippen LogP contribution in [0.3, 0.4) is 0 Å². The molecule has 0 bridgehead atoms. The maximum Gasteiger partial charge on any atom is 0.264 e. The smallest absolute Gasteiger partial charge is 0.264 e. The highest BCUT2D eigenvalue weighted by Crippen LogP contribution is 2.28. The highest BCUT2D eigenvalue weighted by atomic mass is 35.5. The number of carbonyl (C=O) groups excluding carboxylic acids is 2. The van der Waals surface area contributed by atoms with Crippen molar-refractivity contribution in [2.24, 2.45) is 0 Å². The number of sulfonamides is 1. The summed E-state index contributed by atoms with van der Waals surface area (Å²) in [6.07, 6.45) is 0.933. The predicted octanol–water partition coefficient (Wildman–Crippen LogP) is 6.41. The number of hydrogen-bond acceptors (Lipinski definition) is 5. The van der Waals surface area contributed by atoms with Crippen LogP contribution in [0, 0.1) is 6.92 Å². The minimum atomic E-state index is -4.21. The van der Waals surface area contributed by atoms with Gasteiger partial charge < -0.3 is 15.0 Å². The molecule has 1 atom stereocenters. The van der Waals surface area contributed by atoms with Gasteiger partial charge in [0.1, 0.15) is 18.3 Å². The van der Waals surface area contributed by atoms with Crippen molar-refractivity contribution in [1.82, 2.24) is 10.2 Å². The number of anilines is 1. The Morgan fingerprint density at radius 2 is 1.52 bits per heavy atom. The van der Waals surface area contributed by atoms with E-state index >= 15 is 0 Å². The van der Waals surface area contributed by atoms with Gasteiger partial charge in [-0.15, -0.1) is 0 Å². The molecule has 0 aliphatic heterocycles. The van der Waals surface area contributed by atoms with Crippen LogP contribution in [0.5, 0.6) is 5.75 Å². The number of ether oxygens (including phenoxy) is 1. The third kappa shape index (κ3) is 8.89. The summed E-state index contributed by atoms with van der Waals surface area (Å²) in [6, 6.07) is 28.6. The molecular weight excluding hydrogens is 622 g/mol. The summed E-state index contributed by atoms with van der Waals surface area (Å²) in [5.74, 6) is -0.321. The fourth-order valence-electron chi connectivity index (χ4n) is 4.97. The summed E-state index contributed by atoms with van der Waals surface area (Å²) < 4.78 is 35.0. The largest absolute Gasteiger partial charge is 0.494 e. The molecule has 0 aliphatic carbocycles. The van der Waals surface area contributed by atoms with Gasteiger partial charge in [0.15, 0.2) is 0 Å². The molecule has 0 radical (unpaired) electrons. The molecule has 1 unspecified atom stereocenters. The lowest BCUT2D eigenvalue weighted by Crippen LogP contribution is -2.53. The summed E-state index contributed by atoms with van der Waals surface area (Å²) >= 11 is 6.55. The van der Waals surface area contributed by atoms with Crippen molar-refractivity contribution in [2.75, 3.05) is 24.0 Å². The summed E-state index contributed by atoms with van der Waals surface area (Å²) in [7, 11) is -4.21. The Morgan fingerprint density at radius 3 is 2.15 bits per heavy atom. The molecule has 0 saturated heterocycles. The van der Waals surface area contributed by atoms with Crippen molar-refractivity contribution in [3.8, 4) is 5.75 Å². The van der Waals surface area contributed by atoms with Crippen LogP contribution in [-0.2, 0) is 32.6 Å². The predicted molar refractivity (Wildman–Crippen MR) is 183 cm³/mol. The number of carbonyl (C=O) groups is 2. The molecule has 4 aromatic carbocycles. The van der Waals surface area contributed by atoms with Gasteiger partial charge in [-0.3, -0.25) is 13.9 Å². The standard InChI is InChI=1S/C36H40ClN3O5S/c1-4-23-38-36(42)34(24-28-11-7-6-8-12-28)39(25-29-13-9-10-14-33(29)37)35(41)26-40(30-17-19-31(20-18-30)45-5-2)46(43,44)32-21-15-27(3)16-22-32/h6-22,34H,4-5,23-26H2,1-3H3,(H,38,42). The molecule has 4 rings (SSSR count). The lowest BCUT2D eigenvalue weighted by Gasteiger charge is -2.34. The van der Waals surface area contributed by atoms with Gasteiger partial charge in [0.05, 0.1) is 17.2 Å². The van der Waals surface area contributed by atoms with Crippen molar-refractivity contribution < 1.29 is 22.7 Å². The minimum absolute atomic E-state index is 0.00273. The number of hydrogen-bond donors (Lipinski definition) is 1. The second-order valence-corrected chi connectivity index (χ2v) is 13.1. The fourth-order valence-corrected chi connectivity index (χ4v) is 6.58. The number of halogens is 1. The van der Waals surface area contributed by atoms with Crippen molar-refractivity contribution in [3.63, 3.8) is 0 Å². The summed E-state index contributed by atoms with van der Waals surface area (Å²) in [5.41, 5.74) is 2.67. The first-order valence-corrected chi connectivity index (χ1v) is 17.1. The topological polar surface area (TPSA) is 96.0 Å². The van der Waals surface area contributed by atoms with Crippen LogP contribution in [0.4, 0.5) is 5.69 Å². The van der Waals surface area contributed by atoms with E-state index < -0.39 is 28.5 Å². The molecule has 0 aliphatic rings. The lowest BCUT2D eigenvalue weighted by atomic mass is 10.0. The molecule has 0 aromatic heterocycles. The van der Waals surface area contributed by atoms with E-state index in [1.807, 2.05) is 51.1 Å². The second kappa shape index (κ2) is 16.3. The van der Waals surface area contributed by atoms with Gasteiger partial charge in [-0.25, -0.2) is 8.42 Å². The Morgan fingerprint density at radius 1 is 0.870 bits per heavy atom. The van der Waals surface area contributed by atoms with Gasteiger partial charge in [0, 0.05) is 24.5 Å². The van der Waals surface area contributed by atoms with Gasteiger partial charge >= 0.3 is 0 Å². The minimum Gasteiger partial charge on any atom is -0.494 e. The summed E-state index contributed by atoms with van der Waals surface area (Å²) in [6.45, 7) is 5.99. The molecule has 46 heavy (non-hydrogen) atoms. The number of amides is 2. The van der Waals surface area contributed by atoms with Crippen LogP contribution in [0.15, 0.2) is 108 Å². The van der Waals surface area contributed by atoms with E-state index in [0.29, 0.717) is 35.9 Å². The number of rotatable bonds is 15. The van der Waals surface area contributed by atoms with Gasteiger partial charge in [-0.2, -0.15) is 0 Å². The number of benzene rings is 4. The van der Waals surface area contributed by atoms with E-state index in [-0.39, 0.29) is 29.5 Å². The van der Waals surface area contributed by atoms with Crippen molar-refractivity contribution in [2.45, 2.75) is 51.1 Å². The van der Waals surface area contributed by atoms with Crippen LogP contribution < -0.4 is 14.4 Å². The third-order valence-electron chi connectivity index (χ3n) is 7.44. The molecule has 0 heterocycles. The summed E-state index contributed by atoms with van der Waals surface area (Å²) in [4.78, 5) is 29.8. The van der Waals surface area contributed by atoms with Gasteiger partial charge in [0.25, 0.3) is 10.0 Å². The van der Waals surface area contributed by atoms with Crippen molar-refractivity contribution in [1.29, 1.82) is 0 Å². The fraction of sp³-hybridized carbons (Fsp3) is 0.278. The van der Waals surface area contributed by atoms with E-state index in [1.54, 1.807) is 60.7 Å². The SMILES string of the molecule is CCCNC(=O)C(Cc1ccccc1)N(Cc1ccccc1Cl)C(=O)CN(c1ccc(OCC)cc1)S(=O)(=O)c1ccc(C)cc1. The maximum absolute atomic E-state index is 14.5. The zero-order valence-corrected chi connectivity index (χ0v) is 27.9. The Bertz CT molecular complexity index is 1700. The maximum atomic E-state index is 14.5. The van der Waals surface area contributed by atoms with Gasteiger partial charge in [-0.1, -0.05) is 84.8 Å². The van der Waals surface area contributed by atoms with Crippen LogP contribution in [0.2, 0.25) is 5.02 Å². The third-order valence-corrected chi connectivity index (χ3v) is 9.60. The molecule has 2 amide bonds. The molecule has 0 spiro atoms. The Kier molecular flexibility index (Phi) is 12.2. The van der Waals surface area contributed by atoms with Gasteiger partial charge in [-0.05, 0) is 73.9 Å². The summed E-state index contributed by atoms with van der Waals surface area (Å²) in [5, 5.41) is 3.38. The average molecular weight is 662 g/mol. The van der Waals surface area contributed by atoms with Crippen LogP contribution in [-0.4, -0.2) is 50.9 Å². The van der Waals surface area contributed by atoms with E-state index in [0.717, 1.165) is 15.4 Å².